The second kappa shape index (κ2) is 6.02. The highest BCUT2D eigenvalue weighted by Gasteiger charge is 2.07. The Morgan fingerprint density at radius 2 is 1.89 bits per heavy atom. The van der Waals surface area contributed by atoms with E-state index in [9.17, 15) is 13.6 Å². The van der Waals surface area contributed by atoms with E-state index in [4.69, 9.17) is 0 Å². The lowest BCUT2D eigenvalue weighted by molar-refractivity contribution is -0.139. The smallest absolute Gasteiger partial charge is 0.309 e. The molecule has 2 nitrogen and oxygen atoms in total. The van der Waals surface area contributed by atoms with Crippen LogP contribution in [0.25, 0.3) is 10.8 Å². The van der Waals surface area contributed by atoms with E-state index in [1.54, 1.807) is 24.3 Å². The minimum atomic E-state index is -2.42. The monoisotopic (exact) mass is 282 g/mol. The quantitative estimate of drug-likeness (QED) is 0.629. The maximum absolute atomic E-state index is 12.3. The van der Waals surface area contributed by atoms with Crippen LogP contribution in [0.4, 0.5) is 8.78 Å². The molecule has 0 bridgehead atoms. The number of thioether (sulfide) groups is 1. The van der Waals surface area contributed by atoms with E-state index in [1.807, 2.05) is 12.1 Å². The van der Waals surface area contributed by atoms with Crippen LogP contribution in [-0.2, 0) is 16.0 Å². The van der Waals surface area contributed by atoms with Gasteiger partial charge >= 0.3 is 5.97 Å². The Morgan fingerprint density at radius 3 is 2.58 bits per heavy atom. The van der Waals surface area contributed by atoms with E-state index in [-0.39, 0.29) is 12.4 Å². The molecule has 2 rings (SSSR count). The van der Waals surface area contributed by atoms with Crippen molar-refractivity contribution >= 4 is 28.5 Å². The molecule has 0 fully saturated rings. The molecule has 0 unspecified atom stereocenters. The molecule has 0 spiro atoms. The van der Waals surface area contributed by atoms with Gasteiger partial charge in [0.2, 0.25) is 0 Å². The van der Waals surface area contributed by atoms with Gasteiger partial charge in [0.15, 0.2) is 0 Å². The van der Waals surface area contributed by atoms with E-state index >= 15 is 0 Å². The van der Waals surface area contributed by atoms with Gasteiger partial charge in [-0.05, 0) is 28.5 Å². The highest BCUT2D eigenvalue weighted by atomic mass is 32.2. The largest absolute Gasteiger partial charge is 0.469 e. The molecule has 0 aromatic heterocycles. The molecule has 2 aromatic rings. The Morgan fingerprint density at radius 1 is 1.21 bits per heavy atom. The Labute approximate surface area is 113 Å². The summed E-state index contributed by atoms with van der Waals surface area (Å²) in [7, 11) is 1.34. The summed E-state index contributed by atoms with van der Waals surface area (Å²) in [5.41, 5.74) is 0.841. The van der Waals surface area contributed by atoms with Crippen molar-refractivity contribution < 1.29 is 18.3 Å². The Balaban J connectivity index is 2.27. The number of carbonyl (C=O) groups excluding carboxylic acids is 1. The fourth-order valence-corrected chi connectivity index (χ4v) is 2.35. The van der Waals surface area contributed by atoms with Crippen LogP contribution >= 0.6 is 11.8 Å². The molecular formula is C14H12F2O2S. The maximum atomic E-state index is 12.3. The first-order chi connectivity index (χ1) is 9.08. The van der Waals surface area contributed by atoms with Gasteiger partial charge in [-0.25, -0.2) is 0 Å². The molecule has 0 radical (unpaired) electrons. The molecule has 0 amide bonds. The highest BCUT2D eigenvalue weighted by Crippen LogP contribution is 2.28. The lowest BCUT2D eigenvalue weighted by Gasteiger charge is -2.05. The van der Waals surface area contributed by atoms with Crippen LogP contribution in [-0.4, -0.2) is 18.8 Å². The lowest BCUT2D eigenvalue weighted by atomic mass is 10.1. The highest BCUT2D eigenvalue weighted by molar-refractivity contribution is 7.99. The van der Waals surface area contributed by atoms with Gasteiger partial charge in [-0.3, -0.25) is 4.79 Å². The van der Waals surface area contributed by atoms with Crippen LogP contribution in [0, 0.1) is 0 Å². The summed E-state index contributed by atoms with van der Waals surface area (Å²) in [5.74, 6) is -2.72. The summed E-state index contributed by atoms with van der Waals surface area (Å²) >= 11 is 0.524. The number of rotatable bonds is 4. The average molecular weight is 282 g/mol. The van der Waals surface area contributed by atoms with E-state index < -0.39 is 5.76 Å². The molecule has 0 N–H and O–H groups in total. The van der Waals surface area contributed by atoms with Crippen molar-refractivity contribution in [3.63, 3.8) is 0 Å². The lowest BCUT2D eigenvalue weighted by Crippen LogP contribution is -2.04. The zero-order valence-corrected chi connectivity index (χ0v) is 11.0. The van der Waals surface area contributed by atoms with Crippen molar-refractivity contribution in [3.05, 3.63) is 42.0 Å². The number of hydrogen-bond acceptors (Lipinski definition) is 3. The molecular weight excluding hydrogens is 270 g/mol. The molecule has 5 heteroatoms. The van der Waals surface area contributed by atoms with Gasteiger partial charge in [0.25, 0.3) is 5.76 Å². The molecule has 100 valence electrons. The second-order valence-corrected chi connectivity index (χ2v) is 5.04. The van der Waals surface area contributed by atoms with Gasteiger partial charge in [0.1, 0.15) is 0 Å². The van der Waals surface area contributed by atoms with Gasteiger partial charge in [0, 0.05) is 4.90 Å². The van der Waals surface area contributed by atoms with Crippen molar-refractivity contribution in [2.45, 2.75) is 17.1 Å². The first-order valence-electron chi connectivity index (χ1n) is 5.63. The van der Waals surface area contributed by atoms with Crippen LogP contribution in [0.1, 0.15) is 5.56 Å². The van der Waals surface area contributed by atoms with Gasteiger partial charge in [-0.2, -0.15) is 8.78 Å². The fourth-order valence-electron chi connectivity index (χ4n) is 1.80. The van der Waals surface area contributed by atoms with Gasteiger partial charge < -0.3 is 4.74 Å². The van der Waals surface area contributed by atoms with Gasteiger partial charge in [-0.15, -0.1) is 0 Å². The fraction of sp³-hybridized carbons (Fsp3) is 0.214. The zero-order chi connectivity index (χ0) is 13.8. The Hall–Kier alpha value is -1.62. The van der Waals surface area contributed by atoms with Crippen molar-refractivity contribution in [3.8, 4) is 0 Å². The number of benzene rings is 2. The van der Waals surface area contributed by atoms with Crippen LogP contribution in [0.2, 0.25) is 0 Å². The van der Waals surface area contributed by atoms with Crippen LogP contribution < -0.4 is 0 Å². The molecule has 0 atom stereocenters. The van der Waals surface area contributed by atoms with E-state index in [1.165, 1.54) is 7.11 Å². The number of carbonyl (C=O) groups is 1. The summed E-state index contributed by atoms with van der Waals surface area (Å²) in [6.45, 7) is 0. The standard InChI is InChI=1S/C14H12F2O2S/c1-18-13(17)7-9-2-3-11-8-12(19-14(15)16)5-4-10(11)6-9/h2-6,8,14H,7H2,1H3. The van der Waals surface area contributed by atoms with Crippen LogP contribution in [0.15, 0.2) is 41.3 Å². The van der Waals surface area contributed by atoms with Crippen molar-refractivity contribution in [2.24, 2.45) is 0 Å². The third-order valence-electron chi connectivity index (χ3n) is 2.68. The van der Waals surface area contributed by atoms with Gasteiger partial charge in [-0.1, -0.05) is 36.0 Å². The molecule has 0 saturated heterocycles. The van der Waals surface area contributed by atoms with E-state index in [2.05, 4.69) is 4.74 Å². The summed E-state index contributed by atoms with van der Waals surface area (Å²) in [5, 5.41) is 1.79. The third-order valence-corrected chi connectivity index (χ3v) is 3.38. The minimum Gasteiger partial charge on any atom is -0.469 e. The zero-order valence-electron chi connectivity index (χ0n) is 10.2. The topological polar surface area (TPSA) is 26.3 Å². The molecule has 0 saturated carbocycles. The predicted octanol–water partition coefficient (Wildman–Crippen LogP) is 3.87. The molecule has 0 heterocycles. The number of hydrogen-bond donors (Lipinski definition) is 0. The molecule has 0 aliphatic rings. The molecule has 19 heavy (non-hydrogen) atoms. The molecule has 2 aromatic carbocycles. The summed E-state index contributed by atoms with van der Waals surface area (Å²) in [4.78, 5) is 11.7. The predicted molar refractivity (Wildman–Crippen MR) is 71.5 cm³/mol. The Kier molecular flexibility index (Phi) is 4.37. The number of halogens is 2. The van der Waals surface area contributed by atoms with E-state index in [0.29, 0.717) is 16.7 Å². The second-order valence-electron chi connectivity index (χ2n) is 3.97. The first-order valence-corrected chi connectivity index (χ1v) is 6.51. The van der Waals surface area contributed by atoms with E-state index in [0.717, 1.165) is 16.3 Å². The average Bonchev–Trinajstić information content (AvgIpc) is 2.38. The Bertz CT molecular complexity index is 599. The third kappa shape index (κ3) is 3.67. The summed E-state index contributed by atoms with van der Waals surface area (Å²) in [6.07, 6.45) is 0.208. The van der Waals surface area contributed by atoms with Crippen molar-refractivity contribution in [1.29, 1.82) is 0 Å². The van der Waals surface area contributed by atoms with Crippen LogP contribution in [0.5, 0.6) is 0 Å². The van der Waals surface area contributed by atoms with Gasteiger partial charge in [0.05, 0.1) is 13.5 Å². The summed E-state index contributed by atoms with van der Waals surface area (Å²) < 4.78 is 29.2. The van der Waals surface area contributed by atoms with Crippen molar-refractivity contribution in [2.75, 3.05) is 7.11 Å². The number of ether oxygens (including phenoxy) is 1. The number of esters is 1. The first kappa shape index (κ1) is 13.8. The SMILES string of the molecule is COC(=O)Cc1ccc2cc(SC(F)F)ccc2c1. The number of methoxy groups -OCH3 is 1. The van der Waals surface area contributed by atoms with Crippen LogP contribution in [0.3, 0.4) is 0 Å². The summed E-state index contributed by atoms with van der Waals surface area (Å²) in [6, 6.07) is 10.6. The van der Waals surface area contributed by atoms with Crippen molar-refractivity contribution in [1.82, 2.24) is 0 Å². The maximum Gasteiger partial charge on any atom is 0.309 e. The minimum absolute atomic E-state index is 0.208. The molecule has 0 aliphatic heterocycles. The number of alkyl halides is 2. The molecule has 0 aliphatic carbocycles. The normalized spacial score (nSPS) is 10.9. The number of fused-ring (bicyclic) bond motifs is 1.